The highest BCUT2D eigenvalue weighted by atomic mass is 16.6. The zero-order chi connectivity index (χ0) is 11.0. The minimum absolute atomic E-state index is 0.253. The van der Waals surface area contributed by atoms with Crippen LogP contribution < -0.4 is 0 Å². The van der Waals surface area contributed by atoms with Crippen LogP contribution in [0, 0.1) is 17.3 Å². The minimum Gasteiger partial charge on any atom is -0.370 e. The molecule has 2 heterocycles. The van der Waals surface area contributed by atoms with Gasteiger partial charge in [-0.2, -0.15) is 0 Å². The molecule has 2 heteroatoms. The Balaban J connectivity index is 1.53. The molecule has 2 nitrogen and oxygen atoms in total. The Morgan fingerprint density at radius 1 is 1.06 bits per heavy atom. The van der Waals surface area contributed by atoms with Gasteiger partial charge in [-0.25, -0.2) is 0 Å². The van der Waals surface area contributed by atoms with Crippen LogP contribution in [0.1, 0.15) is 46.0 Å². The van der Waals surface area contributed by atoms with Crippen molar-refractivity contribution >= 4 is 0 Å². The molecule has 2 aliphatic heterocycles. The second-order valence-electron chi connectivity index (χ2n) is 7.08. The van der Waals surface area contributed by atoms with E-state index in [1.807, 2.05) is 0 Å². The highest BCUT2D eigenvalue weighted by Crippen LogP contribution is 2.59. The van der Waals surface area contributed by atoms with Crippen molar-refractivity contribution in [2.45, 2.75) is 63.8 Å². The van der Waals surface area contributed by atoms with Crippen molar-refractivity contribution in [2.75, 3.05) is 6.61 Å². The smallest absolute Gasteiger partial charge is 0.0916 e. The fraction of sp³-hybridized carbons (Fsp3) is 1.00. The molecule has 0 N–H and O–H groups in total. The number of hydrogen-bond acceptors (Lipinski definition) is 2. The van der Waals surface area contributed by atoms with Crippen LogP contribution in [0.15, 0.2) is 0 Å². The molecular formula is C14H22O2. The molecule has 6 atom stereocenters. The van der Waals surface area contributed by atoms with Crippen LogP contribution in [0.25, 0.3) is 0 Å². The fourth-order valence-corrected chi connectivity index (χ4v) is 4.31. The molecule has 6 unspecified atom stereocenters. The van der Waals surface area contributed by atoms with E-state index in [0.29, 0.717) is 17.6 Å². The van der Waals surface area contributed by atoms with Gasteiger partial charge in [0.15, 0.2) is 0 Å². The van der Waals surface area contributed by atoms with E-state index in [-0.39, 0.29) is 5.60 Å². The first-order valence-electron chi connectivity index (χ1n) is 6.89. The number of hydrogen-bond donors (Lipinski definition) is 0. The molecule has 0 spiro atoms. The lowest BCUT2D eigenvalue weighted by Crippen LogP contribution is -2.42. The van der Waals surface area contributed by atoms with Crippen LogP contribution in [0.5, 0.6) is 0 Å². The predicted molar refractivity (Wildman–Crippen MR) is 61.2 cm³/mol. The summed E-state index contributed by atoms with van der Waals surface area (Å²) in [5.74, 6) is 1.72. The van der Waals surface area contributed by atoms with Crippen molar-refractivity contribution in [1.82, 2.24) is 0 Å². The third-order valence-corrected chi connectivity index (χ3v) is 5.95. The summed E-state index contributed by atoms with van der Waals surface area (Å²) >= 11 is 0. The largest absolute Gasteiger partial charge is 0.370 e. The second kappa shape index (κ2) is 2.84. The number of rotatable bonds is 1. The lowest BCUT2D eigenvalue weighted by Gasteiger charge is -2.47. The molecule has 0 aromatic carbocycles. The van der Waals surface area contributed by atoms with Crippen molar-refractivity contribution in [2.24, 2.45) is 17.3 Å². The monoisotopic (exact) mass is 222 g/mol. The Labute approximate surface area is 97.7 Å². The molecule has 0 aromatic rings. The molecule has 0 radical (unpaired) electrons. The molecule has 2 aliphatic carbocycles. The molecule has 90 valence electrons. The van der Waals surface area contributed by atoms with Gasteiger partial charge < -0.3 is 9.47 Å². The number of epoxide rings is 2. The van der Waals surface area contributed by atoms with E-state index in [1.54, 1.807) is 0 Å². The molecular weight excluding hydrogens is 200 g/mol. The number of fused-ring (bicyclic) bond motifs is 2. The quantitative estimate of drug-likeness (QED) is 0.637. The SMILES string of the molecule is CC12CCC(C3(C)CO3)CC1CC1OC1C2. The van der Waals surface area contributed by atoms with Crippen molar-refractivity contribution < 1.29 is 9.47 Å². The van der Waals surface area contributed by atoms with E-state index >= 15 is 0 Å². The first-order chi connectivity index (χ1) is 7.59. The molecule has 4 rings (SSSR count). The summed E-state index contributed by atoms with van der Waals surface area (Å²) in [6.45, 7) is 5.81. The summed E-state index contributed by atoms with van der Waals surface area (Å²) in [5.41, 5.74) is 0.835. The van der Waals surface area contributed by atoms with E-state index < -0.39 is 0 Å². The Hall–Kier alpha value is -0.0800. The van der Waals surface area contributed by atoms with Crippen LogP contribution >= 0.6 is 0 Å². The average molecular weight is 222 g/mol. The molecule has 0 aromatic heterocycles. The van der Waals surface area contributed by atoms with Crippen LogP contribution in [-0.4, -0.2) is 24.4 Å². The Kier molecular flexibility index (Phi) is 1.76. The minimum atomic E-state index is 0.253. The van der Waals surface area contributed by atoms with Gasteiger partial charge >= 0.3 is 0 Å². The zero-order valence-corrected chi connectivity index (χ0v) is 10.4. The molecule has 2 saturated carbocycles. The summed E-state index contributed by atoms with van der Waals surface area (Å²) in [6.07, 6.45) is 8.07. The first kappa shape index (κ1) is 9.90. The maximum absolute atomic E-state index is 5.74. The maximum Gasteiger partial charge on any atom is 0.0916 e. The third kappa shape index (κ3) is 1.32. The molecule has 2 saturated heterocycles. The Bertz CT molecular complexity index is 323. The lowest BCUT2D eigenvalue weighted by atomic mass is 9.57. The van der Waals surface area contributed by atoms with Gasteiger partial charge in [-0.05, 0) is 56.3 Å². The molecule has 16 heavy (non-hydrogen) atoms. The van der Waals surface area contributed by atoms with E-state index in [4.69, 9.17) is 9.47 Å². The van der Waals surface area contributed by atoms with Crippen molar-refractivity contribution in [3.8, 4) is 0 Å². The van der Waals surface area contributed by atoms with Gasteiger partial charge in [0, 0.05) is 0 Å². The molecule has 4 fully saturated rings. The normalized spacial score (nSPS) is 63.4. The van der Waals surface area contributed by atoms with Crippen LogP contribution in [0.4, 0.5) is 0 Å². The Morgan fingerprint density at radius 2 is 1.88 bits per heavy atom. The topological polar surface area (TPSA) is 25.1 Å². The highest BCUT2D eigenvalue weighted by molar-refractivity contribution is 5.07. The molecule has 0 amide bonds. The van der Waals surface area contributed by atoms with Gasteiger partial charge in [-0.1, -0.05) is 6.92 Å². The first-order valence-corrected chi connectivity index (χ1v) is 6.89. The van der Waals surface area contributed by atoms with Crippen molar-refractivity contribution in [3.63, 3.8) is 0 Å². The zero-order valence-electron chi connectivity index (χ0n) is 10.4. The van der Waals surface area contributed by atoms with Crippen molar-refractivity contribution in [1.29, 1.82) is 0 Å². The van der Waals surface area contributed by atoms with E-state index in [2.05, 4.69) is 13.8 Å². The van der Waals surface area contributed by atoms with E-state index in [0.717, 1.165) is 18.4 Å². The van der Waals surface area contributed by atoms with Gasteiger partial charge in [0.2, 0.25) is 0 Å². The van der Waals surface area contributed by atoms with Crippen molar-refractivity contribution in [3.05, 3.63) is 0 Å². The third-order valence-electron chi connectivity index (χ3n) is 5.95. The standard InChI is InChI=1S/C14H22O2/c1-13-4-3-9(14(2)8-15-14)5-10(13)6-11-12(7-13)16-11/h9-12H,3-8H2,1-2H3. The van der Waals surface area contributed by atoms with E-state index in [9.17, 15) is 0 Å². The van der Waals surface area contributed by atoms with Gasteiger partial charge in [-0.3, -0.25) is 0 Å². The predicted octanol–water partition coefficient (Wildman–Crippen LogP) is 2.76. The van der Waals surface area contributed by atoms with Crippen LogP contribution in [0.2, 0.25) is 0 Å². The second-order valence-corrected chi connectivity index (χ2v) is 7.08. The number of ether oxygens (including phenoxy) is 2. The molecule has 4 aliphatic rings. The maximum atomic E-state index is 5.74. The summed E-state index contributed by atoms with van der Waals surface area (Å²) in [5, 5.41) is 0. The van der Waals surface area contributed by atoms with Crippen LogP contribution in [-0.2, 0) is 9.47 Å². The Morgan fingerprint density at radius 3 is 2.62 bits per heavy atom. The lowest BCUT2D eigenvalue weighted by molar-refractivity contribution is 0.0248. The van der Waals surface area contributed by atoms with Gasteiger partial charge in [-0.15, -0.1) is 0 Å². The summed E-state index contributed by atoms with van der Waals surface area (Å²) in [6, 6.07) is 0. The summed E-state index contributed by atoms with van der Waals surface area (Å²) in [7, 11) is 0. The summed E-state index contributed by atoms with van der Waals surface area (Å²) < 4.78 is 11.4. The molecule has 0 bridgehead atoms. The van der Waals surface area contributed by atoms with Crippen LogP contribution in [0.3, 0.4) is 0 Å². The fourth-order valence-electron chi connectivity index (χ4n) is 4.31. The van der Waals surface area contributed by atoms with E-state index in [1.165, 1.54) is 32.1 Å². The van der Waals surface area contributed by atoms with Gasteiger partial charge in [0.25, 0.3) is 0 Å². The highest BCUT2D eigenvalue weighted by Gasteiger charge is 2.58. The summed E-state index contributed by atoms with van der Waals surface area (Å²) in [4.78, 5) is 0. The van der Waals surface area contributed by atoms with Gasteiger partial charge in [0.05, 0.1) is 24.4 Å². The van der Waals surface area contributed by atoms with Gasteiger partial charge in [0.1, 0.15) is 0 Å². The average Bonchev–Trinajstić information content (AvgIpc) is 3.11.